The molecule has 2 rings (SSSR count). The first kappa shape index (κ1) is 12.8. The molecular weight excluding hydrogens is 248 g/mol. The van der Waals surface area contributed by atoms with Crippen LogP contribution in [0.1, 0.15) is 4.88 Å². The Bertz CT molecular complexity index is 535. The Kier molecular flexibility index (Phi) is 4.49. The van der Waals surface area contributed by atoms with Crippen LogP contribution in [0.3, 0.4) is 0 Å². The van der Waals surface area contributed by atoms with Crippen molar-refractivity contribution in [1.82, 2.24) is 15.1 Å². The zero-order chi connectivity index (χ0) is 12.8. The molecule has 0 aliphatic carbocycles. The van der Waals surface area contributed by atoms with Crippen LogP contribution in [-0.4, -0.2) is 29.9 Å². The lowest BCUT2D eigenvalue weighted by molar-refractivity contribution is 0.646. The van der Waals surface area contributed by atoms with E-state index in [0.717, 1.165) is 23.7 Å². The highest BCUT2D eigenvalue weighted by atomic mass is 32.1. The monoisotopic (exact) mass is 264 g/mol. The third kappa shape index (κ3) is 3.41. The minimum Gasteiger partial charge on any atom is -0.382 e. The molecule has 0 radical (unpaired) electrons. The van der Waals surface area contributed by atoms with E-state index in [1.807, 2.05) is 24.6 Å². The second kappa shape index (κ2) is 6.32. The van der Waals surface area contributed by atoms with Crippen molar-refractivity contribution >= 4 is 17.0 Å². The lowest BCUT2D eigenvalue weighted by atomic mass is 10.4. The number of nitrogens with zero attached hydrogens (tertiary/aromatic N) is 2. The number of hydrogen-bond acceptors (Lipinski definition) is 5. The van der Waals surface area contributed by atoms with Gasteiger partial charge in [-0.1, -0.05) is 6.07 Å². The smallest absolute Gasteiger partial charge is 0.269 e. The Balaban J connectivity index is 2.03. The van der Waals surface area contributed by atoms with Gasteiger partial charge in [0.15, 0.2) is 0 Å². The van der Waals surface area contributed by atoms with Gasteiger partial charge in [-0.3, -0.25) is 4.79 Å². The van der Waals surface area contributed by atoms with Crippen molar-refractivity contribution in [3.63, 3.8) is 0 Å². The molecule has 0 amide bonds. The highest BCUT2D eigenvalue weighted by Gasteiger charge is 2.01. The molecule has 0 fully saturated rings. The third-order valence-corrected chi connectivity index (χ3v) is 3.32. The lowest BCUT2D eigenvalue weighted by Gasteiger charge is -2.07. The molecule has 96 valence electrons. The van der Waals surface area contributed by atoms with Crippen LogP contribution in [0.5, 0.6) is 0 Å². The number of aromatic nitrogens is 2. The maximum absolute atomic E-state index is 11.8. The summed E-state index contributed by atoms with van der Waals surface area (Å²) in [7, 11) is 1.89. The van der Waals surface area contributed by atoms with Crippen LogP contribution >= 0.6 is 11.3 Å². The summed E-state index contributed by atoms with van der Waals surface area (Å²) in [6, 6.07) is 5.55. The topological polar surface area (TPSA) is 59.0 Å². The Labute approximate surface area is 109 Å². The Morgan fingerprint density at radius 1 is 1.44 bits per heavy atom. The number of rotatable bonds is 6. The van der Waals surface area contributed by atoms with Gasteiger partial charge in [0.05, 0.1) is 18.4 Å². The second-order valence-corrected chi connectivity index (χ2v) is 4.88. The van der Waals surface area contributed by atoms with Crippen LogP contribution in [0.4, 0.5) is 5.69 Å². The maximum Gasteiger partial charge on any atom is 0.269 e. The molecule has 0 spiro atoms. The average molecular weight is 264 g/mol. The fourth-order valence-electron chi connectivity index (χ4n) is 1.53. The van der Waals surface area contributed by atoms with Gasteiger partial charge < -0.3 is 10.6 Å². The molecule has 0 saturated carbocycles. The molecule has 6 heteroatoms. The van der Waals surface area contributed by atoms with Gasteiger partial charge in [0.1, 0.15) is 0 Å². The molecule has 0 aromatic carbocycles. The van der Waals surface area contributed by atoms with Gasteiger partial charge in [-0.05, 0) is 18.5 Å². The van der Waals surface area contributed by atoms with Crippen LogP contribution in [0, 0.1) is 0 Å². The number of hydrogen-bond donors (Lipinski definition) is 2. The van der Waals surface area contributed by atoms with Gasteiger partial charge in [0, 0.05) is 24.0 Å². The van der Waals surface area contributed by atoms with E-state index in [1.165, 1.54) is 4.68 Å². The van der Waals surface area contributed by atoms with E-state index in [9.17, 15) is 4.79 Å². The maximum atomic E-state index is 11.8. The normalized spacial score (nSPS) is 10.5. The van der Waals surface area contributed by atoms with Crippen molar-refractivity contribution in [2.45, 2.75) is 6.54 Å². The van der Waals surface area contributed by atoms with Crippen LogP contribution < -0.4 is 16.2 Å². The van der Waals surface area contributed by atoms with Crippen molar-refractivity contribution in [1.29, 1.82) is 0 Å². The minimum absolute atomic E-state index is 0.0853. The van der Waals surface area contributed by atoms with Crippen molar-refractivity contribution in [3.05, 3.63) is 45.0 Å². The van der Waals surface area contributed by atoms with Crippen molar-refractivity contribution in [2.24, 2.45) is 0 Å². The molecule has 2 aromatic rings. The van der Waals surface area contributed by atoms with Gasteiger partial charge >= 0.3 is 0 Å². The first-order valence-corrected chi connectivity index (χ1v) is 6.65. The van der Waals surface area contributed by atoms with E-state index < -0.39 is 0 Å². The standard InChI is InChI=1S/C12H16N4OS/c1-13-4-5-14-10-7-12(17)16(15-8-10)9-11-3-2-6-18-11/h2-3,6-8,13-14H,4-5,9H2,1H3. The molecule has 5 nitrogen and oxygen atoms in total. The van der Waals surface area contributed by atoms with Gasteiger partial charge in [0.2, 0.25) is 0 Å². The molecule has 2 heterocycles. The molecule has 0 saturated heterocycles. The van der Waals surface area contributed by atoms with Crippen LogP contribution in [0.15, 0.2) is 34.6 Å². The first-order valence-electron chi connectivity index (χ1n) is 5.77. The van der Waals surface area contributed by atoms with E-state index in [0.29, 0.717) is 6.54 Å². The summed E-state index contributed by atoms with van der Waals surface area (Å²) < 4.78 is 1.47. The summed E-state index contributed by atoms with van der Waals surface area (Å²) in [4.78, 5) is 13.0. The molecular formula is C12H16N4OS. The molecule has 0 atom stereocenters. The van der Waals surface area contributed by atoms with Gasteiger partial charge in [-0.2, -0.15) is 5.10 Å². The zero-order valence-electron chi connectivity index (χ0n) is 10.2. The van der Waals surface area contributed by atoms with Crippen LogP contribution in [0.2, 0.25) is 0 Å². The van der Waals surface area contributed by atoms with Gasteiger partial charge in [-0.25, -0.2) is 4.68 Å². The number of likely N-dealkylation sites (N-methyl/N-ethyl adjacent to an activating group) is 1. The van der Waals surface area contributed by atoms with E-state index in [4.69, 9.17) is 0 Å². The van der Waals surface area contributed by atoms with Gasteiger partial charge in [-0.15, -0.1) is 11.3 Å². The SMILES string of the molecule is CNCCNc1cnn(Cc2cccs2)c(=O)c1. The predicted octanol–water partition coefficient (Wildman–Crippen LogP) is 0.984. The number of thiophene rings is 1. The Morgan fingerprint density at radius 2 is 2.33 bits per heavy atom. The largest absolute Gasteiger partial charge is 0.382 e. The molecule has 0 aliphatic heterocycles. The highest BCUT2D eigenvalue weighted by Crippen LogP contribution is 2.09. The Hall–Kier alpha value is -1.66. The quantitative estimate of drug-likeness (QED) is 0.764. The van der Waals surface area contributed by atoms with E-state index in [-0.39, 0.29) is 5.56 Å². The van der Waals surface area contributed by atoms with Gasteiger partial charge in [0.25, 0.3) is 5.56 Å². The van der Waals surface area contributed by atoms with E-state index >= 15 is 0 Å². The number of anilines is 1. The fraction of sp³-hybridized carbons (Fsp3) is 0.333. The number of nitrogens with one attached hydrogen (secondary N) is 2. The molecule has 0 bridgehead atoms. The zero-order valence-corrected chi connectivity index (χ0v) is 11.0. The fourth-order valence-corrected chi connectivity index (χ4v) is 2.22. The second-order valence-electron chi connectivity index (χ2n) is 3.85. The molecule has 2 aromatic heterocycles. The molecule has 0 unspecified atom stereocenters. The third-order valence-electron chi connectivity index (χ3n) is 2.46. The summed E-state index contributed by atoms with van der Waals surface area (Å²) >= 11 is 1.62. The first-order chi connectivity index (χ1) is 8.79. The van der Waals surface area contributed by atoms with Crippen molar-refractivity contribution in [3.8, 4) is 0 Å². The summed E-state index contributed by atoms with van der Waals surface area (Å²) in [5, 5.41) is 12.3. The van der Waals surface area contributed by atoms with Crippen LogP contribution in [-0.2, 0) is 6.54 Å². The molecule has 18 heavy (non-hydrogen) atoms. The Morgan fingerprint density at radius 3 is 3.00 bits per heavy atom. The van der Waals surface area contributed by atoms with E-state index in [1.54, 1.807) is 23.6 Å². The van der Waals surface area contributed by atoms with Crippen molar-refractivity contribution < 1.29 is 0 Å². The minimum atomic E-state index is -0.0853. The lowest BCUT2D eigenvalue weighted by Crippen LogP contribution is -2.24. The molecule has 2 N–H and O–H groups in total. The van der Waals surface area contributed by atoms with Crippen LogP contribution in [0.25, 0.3) is 0 Å². The summed E-state index contributed by atoms with van der Waals surface area (Å²) in [6.45, 7) is 2.15. The average Bonchev–Trinajstić information content (AvgIpc) is 2.86. The van der Waals surface area contributed by atoms with Crippen molar-refractivity contribution in [2.75, 3.05) is 25.5 Å². The summed E-state index contributed by atoms with van der Waals surface area (Å²) in [5.41, 5.74) is 0.676. The summed E-state index contributed by atoms with van der Waals surface area (Å²) in [5.74, 6) is 0. The highest BCUT2D eigenvalue weighted by molar-refractivity contribution is 7.09. The molecule has 0 aliphatic rings. The summed E-state index contributed by atoms with van der Waals surface area (Å²) in [6.07, 6.45) is 1.69. The van der Waals surface area contributed by atoms with E-state index in [2.05, 4.69) is 15.7 Å². The predicted molar refractivity (Wildman–Crippen MR) is 74.3 cm³/mol.